The number of halogens is 1. The Balaban J connectivity index is 2.12. The molecular weight excluding hydrogens is 334 g/mol. The highest BCUT2D eigenvalue weighted by molar-refractivity contribution is 9.10. The lowest BCUT2D eigenvalue weighted by molar-refractivity contribution is -0.0613. The molecule has 0 bridgehead atoms. The number of hydrogen-bond acceptors (Lipinski definition) is 4. The van der Waals surface area contributed by atoms with Crippen LogP contribution in [0.2, 0.25) is 0 Å². The topological polar surface area (TPSA) is 41.9 Å². The second-order valence-corrected chi connectivity index (χ2v) is 6.84. The molecule has 1 aliphatic rings. The van der Waals surface area contributed by atoms with Crippen LogP contribution in [-0.2, 0) is 11.2 Å². The van der Waals surface area contributed by atoms with Crippen molar-refractivity contribution in [2.45, 2.75) is 31.9 Å². The molecule has 1 saturated heterocycles. The first-order valence-corrected chi connectivity index (χ1v) is 8.07. The molecule has 1 aliphatic heterocycles. The fraction of sp³-hybridized carbons (Fsp3) is 0.625. The second kappa shape index (κ2) is 7.09. The van der Waals surface area contributed by atoms with Crippen molar-refractivity contribution in [2.24, 2.45) is 0 Å². The summed E-state index contributed by atoms with van der Waals surface area (Å²) in [7, 11) is 1.66. The maximum absolute atomic E-state index is 10.7. The molecule has 21 heavy (non-hydrogen) atoms. The van der Waals surface area contributed by atoms with Crippen LogP contribution in [0.15, 0.2) is 22.7 Å². The maximum Gasteiger partial charge on any atom is 0.122 e. The summed E-state index contributed by atoms with van der Waals surface area (Å²) in [5.41, 5.74) is 0.720. The Kier molecular flexibility index (Phi) is 5.66. The van der Waals surface area contributed by atoms with Gasteiger partial charge in [-0.25, -0.2) is 0 Å². The second-order valence-electron chi connectivity index (χ2n) is 5.93. The van der Waals surface area contributed by atoms with Gasteiger partial charge in [0.05, 0.1) is 26.4 Å². The van der Waals surface area contributed by atoms with Gasteiger partial charge in [-0.2, -0.15) is 0 Å². The summed E-state index contributed by atoms with van der Waals surface area (Å²) < 4.78 is 11.8. The molecule has 1 aromatic rings. The van der Waals surface area contributed by atoms with E-state index in [9.17, 15) is 5.11 Å². The summed E-state index contributed by atoms with van der Waals surface area (Å²) in [4.78, 5) is 2.30. The van der Waals surface area contributed by atoms with Gasteiger partial charge in [0.25, 0.3) is 0 Å². The molecule has 1 fully saturated rings. The molecule has 118 valence electrons. The van der Waals surface area contributed by atoms with Crippen LogP contribution in [-0.4, -0.2) is 55.1 Å². The number of aliphatic hydroxyl groups excluding tert-OH is 1. The Morgan fingerprint density at radius 3 is 2.67 bits per heavy atom. The van der Waals surface area contributed by atoms with E-state index in [0.29, 0.717) is 6.42 Å². The molecule has 0 aliphatic carbocycles. The van der Waals surface area contributed by atoms with Crippen molar-refractivity contribution in [3.63, 3.8) is 0 Å². The van der Waals surface area contributed by atoms with E-state index in [1.807, 2.05) is 18.2 Å². The van der Waals surface area contributed by atoms with Crippen molar-refractivity contribution in [1.82, 2.24) is 4.90 Å². The molecule has 1 atom stereocenters. The first-order chi connectivity index (χ1) is 9.95. The highest BCUT2D eigenvalue weighted by Gasteiger charge is 2.35. The van der Waals surface area contributed by atoms with E-state index in [-0.39, 0.29) is 5.54 Å². The van der Waals surface area contributed by atoms with E-state index < -0.39 is 6.10 Å². The lowest BCUT2D eigenvalue weighted by atomic mass is 9.89. The van der Waals surface area contributed by atoms with E-state index in [0.717, 1.165) is 42.1 Å². The minimum Gasteiger partial charge on any atom is -0.496 e. The Morgan fingerprint density at radius 2 is 2.05 bits per heavy atom. The van der Waals surface area contributed by atoms with Crippen LogP contribution in [0, 0.1) is 0 Å². The molecule has 5 heteroatoms. The fourth-order valence-electron chi connectivity index (χ4n) is 2.72. The van der Waals surface area contributed by atoms with Crippen molar-refractivity contribution in [3.05, 3.63) is 28.2 Å². The first-order valence-electron chi connectivity index (χ1n) is 7.28. The summed E-state index contributed by atoms with van der Waals surface area (Å²) in [5, 5.41) is 10.7. The van der Waals surface area contributed by atoms with Crippen molar-refractivity contribution < 1.29 is 14.6 Å². The predicted molar refractivity (Wildman–Crippen MR) is 86.9 cm³/mol. The van der Waals surface area contributed by atoms with Gasteiger partial charge in [0.15, 0.2) is 0 Å². The zero-order chi connectivity index (χ0) is 15.5. The molecule has 0 amide bonds. The third-order valence-electron chi connectivity index (χ3n) is 4.30. The molecule has 1 heterocycles. The molecule has 0 spiro atoms. The van der Waals surface area contributed by atoms with Gasteiger partial charge in [-0.05, 0) is 37.6 Å². The fourth-order valence-corrected chi connectivity index (χ4v) is 3.12. The monoisotopic (exact) mass is 357 g/mol. The Bertz CT molecular complexity index is 473. The third kappa shape index (κ3) is 3.97. The average Bonchev–Trinajstić information content (AvgIpc) is 2.48. The number of hydrogen-bond donors (Lipinski definition) is 1. The Morgan fingerprint density at radius 1 is 1.38 bits per heavy atom. The van der Waals surface area contributed by atoms with E-state index in [4.69, 9.17) is 9.47 Å². The van der Waals surface area contributed by atoms with Gasteiger partial charge in [0, 0.05) is 29.5 Å². The molecule has 2 rings (SSSR count). The molecule has 0 saturated carbocycles. The van der Waals surface area contributed by atoms with E-state index >= 15 is 0 Å². The summed E-state index contributed by atoms with van der Waals surface area (Å²) in [6.45, 7) is 7.37. The van der Waals surface area contributed by atoms with Gasteiger partial charge in [-0.3, -0.25) is 4.90 Å². The standard InChI is InChI=1S/C16H24BrNO3/c1-16(2,18-6-8-21-9-7-18)15(19)11-12-10-13(17)4-5-14(12)20-3/h4-5,10,15,19H,6-9,11H2,1-3H3. The molecule has 4 nitrogen and oxygen atoms in total. The van der Waals surface area contributed by atoms with Crippen LogP contribution in [0.5, 0.6) is 5.75 Å². The van der Waals surface area contributed by atoms with Gasteiger partial charge >= 0.3 is 0 Å². The SMILES string of the molecule is COc1ccc(Br)cc1CC(O)C(C)(C)N1CCOCC1. The van der Waals surface area contributed by atoms with Crippen LogP contribution in [0.3, 0.4) is 0 Å². The number of methoxy groups -OCH3 is 1. The molecule has 0 aromatic heterocycles. The molecular formula is C16H24BrNO3. The van der Waals surface area contributed by atoms with Gasteiger partial charge in [0.1, 0.15) is 5.75 Å². The van der Waals surface area contributed by atoms with E-state index in [1.54, 1.807) is 7.11 Å². The van der Waals surface area contributed by atoms with Crippen LogP contribution in [0.25, 0.3) is 0 Å². The lowest BCUT2D eigenvalue weighted by Crippen LogP contribution is -2.56. The van der Waals surface area contributed by atoms with E-state index in [1.165, 1.54) is 0 Å². The summed E-state index contributed by atoms with van der Waals surface area (Å²) in [5.74, 6) is 0.815. The largest absolute Gasteiger partial charge is 0.496 e. The Labute approximate surface area is 135 Å². The van der Waals surface area contributed by atoms with Gasteiger partial charge in [-0.15, -0.1) is 0 Å². The van der Waals surface area contributed by atoms with E-state index in [2.05, 4.69) is 34.7 Å². The zero-order valence-corrected chi connectivity index (χ0v) is 14.5. The summed E-state index contributed by atoms with van der Waals surface area (Å²) in [6.07, 6.45) is 0.0891. The van der Waals surface area contributed by atoms with Crippen LogP contribution in [0.4, 0.5) is 0 Å². The number of aliphatic hydroxyl groups is 1. The smallest absolute Gasteiger partial charge is 0.122 e. The minimum absolute atomic E-state index is 0.295. The van der Waals surface area contributed by atoms with Crippen molar-refractivity contribution in [1.29, 1.82) is 0 Å². The quantitative estimate of drug-likeness (QED) is 0.878. The molecule has 1 aromatic carbocycles. The molecule has 1 N–H and O–H groups in total. The van der Waals surface area contributed by atoms with Gasteiger partial charge in [0.2, 0.25) is 0 Å². The van der Waals surface area contributed by atoms with Crippen molar-refractivity contribution in [2.75, 3.05) is 33.4 Å². The Hall–Kier alpha value is -0.620. The van der Waals surface area contributed by atoms with Crippen LogP contribution >= 0.6 is 15.9 Å². The number of morpholine rings is 1. The number of rotatable bonds is 5. The van der Waals surface area contributed by atoms with Crippen molar-refractivity contribution in [3.8, 4) is 5.75 Å². The number of ether oxygens (including phenoxy) is 2. The normalized spacial score (nSPS) is 18.5. The van der Waals surface area contributed by atoms with Gasteiger partial charge < -0.3 is 14.6 Å². The summed E-state index contributed by atoms with van der Waals surface area (Å²) in [6, 6.07) is 5.88. The van der Waals surface area contributed by atoms with Crippen molar-refractivity contribution >= 4 is 15.9 Å². The predicted octanol–water partition coefficient (Wildman–Crippen LogP) is 2.47. The minimum atomic E-state index is -0.473. The third-order valence-corrected chi connectivity index (χ3v) is 4.79. The average molecular weight is 358 g/mol. The highest BCUT2D eigenvalue weighted by atomic mass is 79.9. The summed E-state index contributed by atoms with van der Waals surface area (Å²) >= 11 is 3.48. The number of benzene rings is 1. The molecule has 1 unspecified atom stereocenters. The highest BCUT2D eigenvalue weighted by Crippen LogP contribution is 2.28. The van der Waals surface area contributed by atoms with Gasteiger partial charge in [-0.1, -0.05) is 15.9 Å². The van der Waals surface area contributed by atoms with Crippen LogP contribution < -0.4 is 4.74 Å². The molecule has 0 radical (unpaired) electrons. The first kappa shape index (κ1) is 16.7. The lowest BCUT2D eigenvalue weighted by Gasteiger charge is -2.43. The van der Waals surface area contributed by atoms with Crippen LogP contribution in [0.1, 0.15) is 19.4 Å². The number of nitrogens with zero attached hydrogens (tertiary/aromatic N) is 1. The zero-order valence-electron chi connectivity index (χ0n) is 12.9. The maximum atomic E-state index is 10.7.